The molecule has 0 aromatic carbocycles. The number of allylic oxidation sites excluding steroid dienone is 20. The molecule has 0 radical (unpaired) electrons. The molecule has 0 amide bonds. The highest BCUT2D eigenvalue weighted by atomic mass is 16.7. The van der Waals surface area contributed by atoms with Crippen molar-refractivity contribution in [3.05, 3.63) is 122 Å². The number of unbranched alkanes of at least 4 members (excludes halogenated alkanes) is 8. The van der Waals surface area contributed by atoms with Crippen LogP contribution in [-0.4, -0.2) is 142 Å². The Labute approximate surface area is 454 Å². The summed E-state index contributed by atoms with van der Waals surface area (Å²) in [4.78, 5) is 25.8. The normalized spacial score (nSPS) is 25.3. The lowest BCUT2D eigenvalue weighted by atomic mass is 9.98. The molecule has 0 bridgehead atoms. The van der Waals surface area contributed by atoms with Gasteiger partial charge in [0, 0.05) is 12.8 Å². The van der Waals surface area contributed by atoms with Crippen molar-refractivity contribution in [3.63, 3.8) is 0 Å². The number of aliphatic hydroxyl groups is 7. The molecular formula is C61H96O15. The smallest absolute Gasteiger partial charge is 0.306 e. The van der Waals surface area contributed by atoms with Gasteiger partial charge < -0.3 is 64.2 Å². The maximum atomic E-state index is 13.0. The van der Waals surface area contributed by atoms with E-state index in [4.69, 9.17) is 28.4 Å². The van der Waals surface area contributed by atoms with Gasteiger partial charge in [-0.3, -0.25) is 9.59 Å². The van der Waals surface area contributed by atoms with Crippen LogP contribution >= 0.6 is 0 Å². The first-order chi connectivity index (χ1) is 37.0. The van der Waals surface area contributed by atoms with Crippen LogP contribution in [0, 0.1) is 0 Å². The molecule has 2 heterocycles. The van der Waals surface area contributed by atoms with Gasteiger partial charge in [0.1, 0.15) is 55.4 Å². The van der Waals surface area contributed by atoms with E-state index < -0.39 is 99.3 Å². The first-order valence-corrected chi connectivity index (χ1v) is 28.1. The molecule has 2 aliphatic heterocycles. The number of hydrogen-bond donors (Lipinski definition) is 7. The van der Waals surface area contributed by atoms with Gasteiger partial charge in [-0.05, 0) is 89.9 Å². The minimum absolute atomic E-state index is 0.0305. The second-order valence-electron chi connectivity index (χ2n) is 19.0. The molecule has 2 aliphatic rings. The van der Waals surface area contributed by atoms with E-state index in [0.717, 1.165) is 89.9 Å². The average Bonchev–Trinajstić information content (AvgIpc) is 3.41. The second kappa shape index (κ2) is 45.9. The summed E-state index contributed by atoms with van der Waals surface area (Å²) in [5, 5.41) is 72.3. The van der Waals surface area contributed by atoms with Crippen molar-refractivity contribution in [1.29, 1.82) is 0 Å². The summed E-state index contributed by atoms with van der Waals surface area (Å²) < 4.78 is 33.6. The summed E-state index contributed by atoms with van der Waals surface area (Å²) in [5.74, 6) is -1.04. The van der Waals surface area contributed by atoms with Crippen molar-refractivity contribution in [2.24, 2.45) is 0 Å². The molecule has 2 rings (SSSR count). The molecule has 0 aromatic heterocycles. The zero-order chi connectivity index (χ0) is 55.3. The highest BCUT2D eigenvalue weighted by Crippen LogP contribution is 2.26. The summed E-state index contributed by atoms with van der Waals surface area (Å²) in [6.07, 6.45) is 45.1. The van der Waals surface area contributed by atoms with Gasteiger partial charge in [0.15, 0.2) is 18.7 Å². The molecule has 2 fully saturated rings. The number of carbonyl (C=O) groups is 2. The summed E-state index contributed by atoms with van der Waals surface area (Å²) >= 11 is 0. The van der Waals surface area contributed by atoms with E-state index >= 15 is 0 Å². The number of ether oxygens (including phenoxy) is 6. The third-order valence-electron chi connectivity index (χ3n) is 12.4. The number of esters is 2. The van der Waals surface area contributed by atoms with Crippen LogP contribution in [0.2, 0.25) is 0 Å². The number of hydrogen-bond acceptors (Lipinski definition) is 15. The van der Waals surface area contributed by atoms with E-state index in [1.165, 1.54) is 19.3 Å². The molecule has 0 aliphatic carbocycles. The Hall–Kier alpha value is -4.10. The minimum Gasteiger partial charge on any atom is -0.462 e. The first-order valence-electron chi connectivity index (χ1n) is 28.1. The van der Waals surface area contributed by atoms with Crippen molar-refractivity contribution < 1.29 is 73.8 Å². The van der Waals surface area contributed by atoms with Gasteiger partial charge in [0.25, 0.3) is 0 Å². The van der Waals surface area contributed by atoms with E-state index in [-0.39, 0.29) is 19.4 Å². The predicted molar refractivity (Wildman–Crippen MR) is 298 cm³/mol. The van der Waals surface area contributed by atoms with Crippen molar-refractivity contribution in [2.75, 3.05) is 26.4 Å². The SMILES string of the molecule is CC/C=C\C/C=C\C/C=C\C/C=C\C/C=C\C/C=C\CCC(=O)OC(COC(=O)CCCCCCCCCC/C=C\C/C=C\C/C=C\C/C=C\CC)COC1OC(COC2OC(CO)C(O)C(O)C2O)C(O)C(O)C1O. The lowest BCUT2D eigenvalue weighted by Crippen LogP contribution is -2.61. The van der Waals surface area contributed by atoms with Crippen molar-refractivity contribution in [3.8, 4) is 0 Å². The van der Waals surface area contributed by atoms with Crippen molar-refractivity contribution in [2.45, 2.75) is 223 Å². The molecule has 0 spiro atoms. The highest BCUT2D eigenvalue weighted by Gasteiger charge is 2.47. The van der Waals surface area contributed by atoms with Gasteiger partial charge in [-0.1, -0.05) is 174 Å². The third kappa shape index (κ3) is 32.6. The topological polar surface area (TPSA) is 231 Å². The summed E-state index contributed by atoms with van der Waals surface area (Å²) in [7, 11) is 0. The van der Waals surface area contributed by atoms with Gasteiger partial charge in [0.05, 0.1) is 19.8 Å². The van der Waals surface area contributed by atoms with E-state index in [0.29, 0.717) is 19.3 Å². The van der Waals surface area contributed by atoms with Crippen molar-refractivity contribution in [1.82, 2.24) is 0 Å². The molecule has 11 unspecified atom stereocenters. The van der Waals surface area contributed by atoms with Crippen LogP contribution in [0.15, 0.2) is 122 Å². The Morgan fingerprint density at radius 2 is 0.816 bits per heavy atom. The van der Waals surface area contributed by atoms with Crippen LogP contribution in [0.5, 0.6) is 0 Å². The Morgan fingerprint density at radius 1 is 0.421 bits per heavy atom. The van der Waals surface area contributed by atoms with Gasteiger partial charge in [-0.2, -0.15) is 0 Å². The van der Waals surface area contributed by atoms with Crippen LogP contribution in [0.1, 0.15) is 155 Å². The second-order valence-corrected chi connectivity index (χ2v) is 19.0. The molecule has 0 saturated carbocycles. The Balaban J connectivity index is 1.81. The molecule has 15 heteroatoms. The molecular weight excluding hydrogens is 973 g/mol. The van der Waals surface area contributed by atoms with E-state index in [2.05, 4.69) is 123 Å². The molecule has 15 nitrogen and oxygen atoms in total. The maximum absolute atomic E-state index is 13.0. The summed E-state index contributed by atoms with van der Waals surface area (Å²) in [6.45, 7) is 2.26. The Bertz CT molecular complexity index is 1780. The van der Waals surface area contributed by atoms with E-state index in [1.807, 2.05) is 12.2 Å². The fourth-order valence-corrected chi connectivity index (χ4v) is 7.94. The molecule has 7 N–H and O–H groups in total. The molecule has 430 valence electrons. The zero-order valence-corrected chi connectivity index (χ0v) is 45.7. The van der Waals surface area contributed by atoms with Gasteiger partial charge in [-0.15, -0.1) is 0 Å². The molecule has 2 saturated heterocycles. The van der Waals surface area contributed by atoms with Gasteiger partial charge in [-0.25, -0.2) is 0 Å². The standard InChI is InChI=1S/C61H96O15/c1-3-5-7-9-11-13-15-17-19-21-23-24-26-27-29-31-33-35-37-39-41-43-52(63)71-46-49(74-53(64)44-42-40-38-36-34-32-30-28-25-22-20-18-16-14-12-10-8-6-4-2)47-72-60-59(70)57(68)55(66)51(76-60)48-73-61-58(69)56(67)54(65)50(45-62)75-61/h5-8,11-14,17-20,23-25,28,32,34,38,40,49-51,54-62,65-70H,3-4,9-10,15-16,21-22,26-27,29-31,33,35-37,39,41-48H2,1-2H3/b7-5-,8-6-,13-11-,14-12-,19-17-,20-18-,24-23-,28-25-,34-32-,40-38-. The summed E-state index contributed by atoms with van der Waals surface area (Å²) in [6, 6.07) is 0. The fraction of sp³-hybridized carbons (Fsp3) is 0.639. The van der Waals surface area contributed by atoms with Crippen molar-refractivity contribution >= 4 is 11.9 Å². The zero-order valence-electron chi connectivity index (χ0n) is 45.7. The highest BCUT2D eigenvalue weighted by molar-refractivity contribution is 5.70. The van der Waals surface area contributed by atoms with Crippen LogP contribution < -0.4 is 0 Å². The number of rotatable bonds is 42. The lowest BCUT2D eigenvalue weighted by Gasteiger charge is -2.42. The van der Waals surface area contributed by atoms with Crippen LogP contribution in [0.25, 0.3) is 0 Å². The van der Waals surface area contributed by atoms with Gasteiger partial charge >= 0.3 is 11.9 Å². The van der Waals surface area contributed by atoms with E-state index in [9.17, 15) is 45.3 Å². The number of carbonyl (C=O) groups excluding carboxylic acids is 2. The Kier molecular flexibility index (Phi) is 41.1. The number of aliphatic hydroxyl groups excluding tert-OH is 7. The average molecular weight is 1070 g/mol. The monoisotopic (exact) mass is 1070 g/mol. The van der Waals surface area contributed by atoms with Gasteiger partial charge in [0.2, 0.25) is 0 Å². The van der Waals surface area contributed by atoms with Crippen LogP contribution in [-0.2, 0) is 38.0 Å². The lowest BCUT2D eigenvalue weighted by molar-refractivity contribution is -0.332. The largest absolute Gasteiger partial charge is 0.462 e. The predicted octanol–water partition coefficient (Wildman–Crippen LogP) is 9.27. The third-order valence-corrected chi connectivity index (χ3v) is 12.4. The Morgan fingerprint density at radius 3 is 1.29 bits per heavy atom. The van der Waals surface area contributed by atoms with Crippen LogP contribution in [0.3, 0.4) is 0 Å². The first kappa shape index (κ1) is 68.0. The maximum Gasteiger partial charge on any atom is 0.306 e. The summed E-state index contributed by atoms with van der Waals surface area (Å²) in [5.41, 5.74) is 0. The molecule has 11 atom stereocenters. The minimum atomic E-state index is -1.79. The molecule has 76 heavy (non-hydrogen) atoms. The van der Waals surface area contributed by atoms with E-state index in [1.54, 1.807) is 0 Å². The fourth-order valence-electron chi connectivity index (χ4n) is 7.94. The quantitative estimate of drug-likeness (QED) is 0.0172. The van der Waals surface area contributed by atoms with Crippen LogP contribution in [0.4, 0.5) is 0 Å². The molecule has 0 aromatic rings.